The van der Waals surface area contributed by atoms with Crippen LogP contribution in [0.15, 0.2) is 0 Å². The first-order chi connectivity index (χ1) is 10.2. The molecule has 1 rings (SSSR count). The van der Waals surface area contributed by atoms with Crippen LogP contribution in [0, 0.1) is 5.92 Å². The lowest BCUT2D eigenvalue weighted by Gasteiger charge is -2.28. The van der Waals surface area contributed by atoms with Gasteiger partial charge < -0.3 is 18.9 Å². The predicted molar refractivity (Wildman–Crippen MR) is 80.6 cm³/mol. The third-order valence-corrected chi connectivity index (χ3v) is 3.07. The van der Waals surface area contributed by atoms with Gasteiger partial charge in [0.1, 0.15) is 17.8 Å². The predicted octanol–water partition coefficient (Wildman–Crippen LogP) is 4.06. The highest BCUT2D eigenvalue weighted by atomic mass is 16.7. The maximum Gasteiger partial charge on any atom is 0.509 e. The Bertz CT molecular complexity index is 363. The van der Waals surface area contributed by atoms with E-state index in [4.69, 9.17) is 18.9 Å². The first-order valence-electron chi connectivity index (χ1n) is 7.88. The standard InChI is InChI=1S/C16H28O6/c1-11(2)10-19-14(17)20-12-6-8-13(9-7-12)21-15(18)22-16(3,4)5/h11-13H,6-10H2,1-5H3. The van der Waals surface area contributed by atoms with Crippen molar-refractivity contribution in [3.8, 4) is 0 Å². The minimum absolute atomic E-state index is 0.168. The molecule has 6 heteroatoms. The van der Waals surface area contributed by atoms with E-state index in [2.05, 4.69) is 0 Å². The Morgan fingerprint density at radius 2 is 1.41 bits per heavy atom. The highest BCUT2D eigenvalue weighted by Gasteiger charge is 2.28. The zero-order chi connectivity index (χ0) is 16.8. The SMILES string of the molecule is CC(C)COC(=O)OC1CCC(OC(=O)OC(C)(C)C)CC1. The molecule has 1 aliphatic carbocycles. The molecule has 0 atom stereocenters. The molecular formula is C16H28O6. The second kappa shape index (κ2) is 8.25. The van der Waals surface area contributed by atoms with Gasteiger partial charge in [0.15, 0.2) is 0 Å². The largest absolute Gasteiger partial charge is 0.509 e. The number of ether oxygens (including phenoxy) is 4. The molecule has 0 aromatic rings. The van der Waals surface area contributed by atoms with E-state index in [0.29, 0.717) is 32.3 Å². The molecule has 0 unspecified atom stereocenters. The van der Waals surface area contributed by atoms with Gasteiger partial charge in [-0.25, -0.2) is 9.59 Å². The smallest absolute Gasteiger partial charge is 0.434 e. The van der Waals surface area contributed by atoms with E-state index < -0.39 is 17.9 Å². The summed E-state index contributed by atoms with van der Waals surface area (Å²) < 4.78 is 20.6. The maximum absolute atomic E-state index is 11.6. The van der Waals surface area contributed by atoms with Crippen LogP contribution in [0.1, 0.15) is 60.3 Å². The molecular weight excluding hydrogens is 288 g/mol. The Labute approximate surface area is 132 Å². The lowest BCUT2D eigenvalue weighted by atomic mass is 9.95. The fraction of sp³-hybridized carbons (Fsp3) is 0.875. The number of carbonyl (C=O) groups excluding carboxylic acids is 2. The molecule has 1 saturated carbocycles. The van der Waals surface area contributed by atoms with E-state index >= 15 is 0 Å². The molecule has 0 saturated heterocycles. The van der Waals surface area contributed by atoms with Gasteiger partial charge >= 0.3 is 12.3 Å². The van der Waals surface area contributed by atoms with Gasteiger partial charge in [-0.3, -0.25) is 0 Å². The fourth-order valence-electron chi connectivity index (χ4n) is 2.08. The van der Waals surface area contributed by atoms with Crippen LogP contribution in [-0.4, -0.2) is 36.7 Å². The van der Waals surface area contributed by atoms with E-state index in [1.807, 2.05) is 13.8 Å². The summed E-state index contributed by atoms with van der Waals surface area (Å²) in [6, 6.07) is 0. The van der Waals surface area contributed by atoms with Gasteiger partial charge in [0, 0.05) is 0 Å². The molecule has 0 amide bonds. The van der Waals surface area contributed by atoms with Gasteiger partial charge in [0.05, 0.1) is 6.61 Å². The normalized spacial score (nSPS) is 22.1. The Hall–Kier alpha value is -1.46. The summed E-state index contributed by atoms with van der Waals surface area (Å²) in [6.07, 6.45) is 1.01. The quantitative estimate of drug-likeness (QED) is 0.728. The van der Waals surface area contributed by atoms with Crippen LogP contribution in [0.2, 0.25) is 0 Å². The molecule has 0 N–H and O–H groups in total. The van der Waals surface area contributed by atoms with Crippen molar-refractivity contribution in [1.29, 1.82) is 0 Å². The molecule has 6 nitrogen and oxygen atoms in total. The first kappa shape index (κ1) is 18.6. The highest BCUT2D eigenvalue weighted by molar-refractivity contribution is 5.61. The molecule has 0 spiro atoms. The average Bonchev–Trinajstić information content (AvgIpc) is 2.36. The molecule has 128 valence electrons. The molecule has 1 fully saturated rings. The first-order valence-corrected chi connectivity index (χ1v) is 7.88. The highest BCUT2D eigenvalue weighted by Crippen LogP contribution is 2.24. The van der Waals surface area contributed by atoms with Crippen LogP contribution >= 0.6 is 0 Å². The summed E-state index contributed by atoms with van der Waals surface area (Å²) in [5.74, 6) is 0.283. The summed E-state index contributed by atoms with van der Waals surface area (Å²) in [4.78, 5) is 23.1. The number of hydrogen-bond donors (Lipinski definition) is 0. The van der Waals surface area contributed by atoms with Crippen LogP contribution in [0.5, 0.6) is 0 Å². The summed E-state index contributed by atoms with van der Waals surface area (Å²) in [5.41, 5.74) is -0.558. The van der Waals surface area contributed by atoms with Crippen LogP contribution in [0.4, 0.5) is 9.59 Å². The molecule has 0 aliphatic heterocycles. The Balaban J connectivity index is 2.23. The van der Waals surface area contributed by atoms with Crippen molar-refractivity contribution in [1.82, 2.24) is 0 Å². The molecule has 0 aromatic carbocycles. The molecule has 1 aliphatic rings. The zero-order valence-corrected chi connectivity index (χ0v) is 14.2. The van der Waals surface area contributed by atoms with Crippen molar-refractivity contribution in [3.05, 3.63) is 0 Å². The van der Waals surface area contributed by atoms with E-state index in [9.17, 15) is 9.59 Å². The Morgan fingerprint density at radius 3 is 1.82 bits per heavy atom. The molecule has 0 heterocycles. The summed E-state index contributed by atoms with van der Waals surface area (Å²) >= 11 is 0. The van der Waals surface area contributed by atoms with Crippen LogP contribution in [-0.2, 0) is 18.9 Å². The van der Waals surface area contributed by atoms with Gasteiger partial charge in [0.25, 0.3) is 0 Å². The molecule has 0 radical (unpaired) electrons. The topological polar surface area (TPSA) is 71.1 Å². The third kappa shape index (κ3) is 8.10. The van der Waals surface area contributed by atoms with Crippen LogP contribution < -0.4 is 0 Å². The van der Waals surface area contributed by atoms with E-state index in [1.54, 1.807) is 20.8 Å². The molecule has 0 bridgehead atoms. The van der Waals surface area contributed by atoms with Gasteiger partial charge in [-0.1, -0.05) is 13.8 Å². The van der Waals surface area contributed by atoms with Crippen molar-refractivity contribution in [3.63, 3.8) is 0 Å². The zero-order valence-electron chi connectivity index (χ0n) is 14.2. The molecule has 22 heavy (non-hydrogen) atoms. The van der Waals surface area contributed by atoms with Gasteiger partial charge in [0.2, 0.25) is 0 Å². The monoisotopic (exact) mass is 316 g/mol. The number of rotatable bonds is 4. The second-order valence-corrected chi connectivity index (χ2v) is 7.05. The van der Waals surface area contributed by atoms with Crippen molar-refractivity contribution >= 4 is 12.3 Å². The fourth-order valence-corrected chi connectivity index (χ4v) is 2.08. The van der Waals surface area contributed by atoms with Crippen molar-refractivity contribution < 1.29 is 28.5 Å². The van der Waals surface area contributed by atoms with Crippen molar-refractivity contribution in [2.24, 2.45) is 5.92 Å². The van der Waals surface area contributed by atoms with Crippen LogP contribution in [0.25, 0.3) is 0 Å². The maximum atomic E-state index is 11.6. The van der Waals surface area contributed by atoms with E-state index in [0.717, 1.165) is 0 Å². The summed E-state index contributed by atoms with van der Waals surface area (Å²) in [7, 11) is 0. The lowest BCUT2D eigenvalue weighted by Crippen LogP contribution is -2.32. The Morgan fingerprint density at radius 1 is 0.955 bits per heavy atom. The van der Waals surface area contributed by atoms with E-state index in [-0.39, 0.29) is 18.1 Å². The minimum Gasteiger partial charge on any atom is -0.434 e. The summed E-state index contributed by atoms with van der Waals surface area (Å²) in [6.45, 7) is 9.67. The number of hydrogen-bond acceptors (Lipinski definition) is 6. The van der Waals surface area contributed by atoms with Gasteiger partial charge in [-0.05, 0) is 52.4 Å². The van der Waals surface area contributed by atoms with Gasteiger partial charge in [-0.2, -0.15) is 0 Å². The minimum atomic E-state index is -0.645. The second-order valence-electron chi connectivity index (χ2n) is 7.05. The lowest BCUT2D eigenvalue weighted by molar-refractivity contribution is -0.0499. The average molecular weight is 316 g/mol. The van der Waals surface area contributed by atoms with E-state index in [1.165, 1.54) is 0 Å². The van der Waals surface area contributed by atoms with Crippen molar-refractivity contribution in [2.45, 2.75) is 78.1 Å². The Kier molecular flexibility index (Phi) is 6.97. The van der Waals surface area contributed by atoms with Gasteiger partial charge in [-0.15, -0.1) is 0 Å². The van der Waals surface area contributed by atoms with Crippen LogP contribution in [0.3, 0.4) is 0 Å². The third-order valence-electron chi connectivity index (χ3n) is 3.07. The molecule has 0 aromatic heterocycles. The van der Waals surface area contributed by atoms with Crippen molar-refractivity contribution in [2.75, 3.05) is 6.61 Å². The number of carbonyl (C=O) groups is 2. The summed E-state index contributed by atoms with van der Waals surface area (Å²) in [5, 5.41) is 0.